The first-order chi connectivity index (χ1) is 9.90. The van der Waals surface area contributed by atoms with Crippen LogP contribution in [0.3, 0.4) is 0 Å². The van der Waals surface area contributed by atoms with Gasteiger partial charge in [0.15, 0.2) is 0 Å². The molecule has 122 valence electrons. The number of nitrogens with one attached hydrogen (secondary N) is 1. The lowest BCUT2D eigenvalue weighted by atomic mass is 10.1. The zero-order chi connectivity index (χ0) is 15.8. The molecule has 0 atom stereocenters. The summed E-state index contributed by atoms with van der Waals surface area (Å²) in [6.45, 7) is 9.59. The molecule has 1 fully saturated rings. The number of hydrogen-bond acceptors (Lipinski definition) is 2. The van der Waals surface area contributed by atoms with Crippen molar-refractivity contribution >= 4 is 11.8 Å². The van der Waals surface area contributed by atoms with Crippen molar-refractivity contribution < 1.29 is 9.59 Å². The van der Waals surface area contributed by atoms with Crippen LogP contribution in [-0.4, -0.2) is 35.8 Å². The van der Waals surface area contributed by atoms with Gasteiger partial charge in [0.1, 0.15) is 0 Å². The molecule has 0 saturated heterocycles. The van der Waals surface area contributed by atoms with Crippen molar-refractivity contribution in [3.63, 3.8) is 0 Å². The van der Waals surface area contributed by atoms with Crippen LogP contribution >= 0.6 is 0 Å². The minimum atomic E-state index is -0.414. The third kappa shape index (κ3) is 6.96. The fourth-order valence-corrected chi connectivity index (χ4v) is 2.94. The van der Waals surface area contributed by atoms with Crippen LogP contribution < -0.4 is 5.32 Å². The molecule has 0 aliphatic heterocycles. The SMILES string of the molecule is CC(C)CN(CC(C)C)C(=O)C(=O)NC1CCCCCC1. The van der Waals surface area contributed by atoms with Crippen molar-refractivity contribution in [1.29, 1.82) is 0 Å². The lowest BCUT2D eigenvalue weighted by Gasteiger charge is -2.26. The Labute approximate surface area is 129 Å². The van der Waals surface area contributed by atoms with Gasteiger partial charge in [0.05, 0.1) is 0 Å². The quantitative estimate of drug-likeness (QED) is 0.626. The van der Waals surface area contributed by atoms with Crippen molar-refractivity contribution in [1.82, 2.24) is 10.2 Å². The molecule has 0 aromatic carbocycles. The molecule has 4 nitrogen and oxygen atoms in total. The predicted octanol–water partition coefficient (Wildman–Crippen LogP) is 2.97. The summed E-state index contributed by atoms with van der Waals surface area (Å²) in [6.07, 6.45) is 6.81. The fraction of sp³-hybridized carbons (Fsp3) is 0.882. The van der Waals surface area contributed by atoms with E-state index in [1.165, 1.54) is 12.8 Å². The van der Waals surface area contributed by atoms with Crippen LogP contribution in [0.15, 0.2) is 0 Å². The van der Waals surface area contributed by atoms with E-state index in [9.17, 15) is 9.59 Å². The van der Waals surface area contributed by atoms with E-state index in [0.29, 0.717) is 24.9 Å². The van der Waals surface area contributed by atoms with E-state index >= 15 is 0 Å². The van der Waals surface area contributed by atoms with E-state index in [-0.39, 0.29) is 11.9 Å². The van der Waals surface area contributed by atoms with Crippen LogP contribution in [0.2, 0.25) is 0 Å². The normalized spacial score (nSPS) is 16.9. The highest BCUT2D eigenvalue weighted by molar-refractivity contribution is 6.35. The summed E-state index contributed by atoms with van der Waals surface area (Å²) in [7, 11) is 0. The average Bonchev–Trinajstić information content (AvgIpc) is 2.64. The molecule has 0 unspecified atom stereocenters. The van der Waals surface area contributed by atoms with Crippen LogP contribution in [0.1, 0.15) is 66.2 Å². The number of hydrogen-bond donors (Lipinski definition) is 1. The van der Waals surface area contributed by atoms with E-state index in [1.807, 2.05) is 0 Å². The van der Waals surface area contributed by atoms with Gasteiger partial charge < -0.3 is 10.2 Å². The van der Waals surface area contributed by atoms with Crippen molar-refractivity contribution in [3.05, 3.63) is 0 Å². The second kappa shape index (κ2) is 9.06. The smallest absolute Gasteiger partial charge is 0.311 e. The molecule has 2 amide bonds. The number of rotatable bonds is 5. The maximum atomic E-state index is 12.4. The zero-order valence-corrected chi connectivity index (χ0v) is 14.2. The van der Waals surface area contributed by atoms with Crippen molar-refractivity contribution in [2.45, 2.75) is 72.3 Å². The summed E-state index contributed by atoms with van der Waals surface area (Å²) in [6, 6.07) is 0.184. The zero-order valence-electron chi connectivity index (χ0n) is 14.2. The van der Waals surface area contributed by atoms with Gasteiger partial charge in [-0.15, -0.1) is 0 Å². The highest BCUT2D eigenvalue weighted by Crippen LogP contribution is 2.17. The second-order valence-electron chi connectivity index (χ2n) is 7.16. The molecular formula is C17H32N2O2. The van der Waals surface area contributed by atoms with Gasteiger partial charge in [0.2, 0.25) is 0 Å². The highest BCUT2D eigenvalue weighted by atomic mass is 16.2. The topological polar surface area (TPSA) is 49.4 Å². The first kappa shape index (κ1) is 18.0. The van der Waals surface area contributed by atoms with Crippen LogP contribution in [0.5, 0.6) is 0 Å². The minimum Gasteiger partial charge on any atom is -0.345 e. The molecule has 1 saturated carbocycles. The molecule has 21 heavy (non-hydrogen) atoms. The number of carbonyl (C=O) groups is 2. The Bertz CT molecular complexity index is 322. The van der Waals surface area contributed by atoms with Crippen LogP contribution in [-0.2, 0) is 9.59 Å². The van der Waals surface area contributed by atoms with E-state index in [0.717, 1.165) is 25.7 Å². The van der Waals surface area contributed by atoms with Gasteiger partial charge in [-0.1, -0.05) is 53.4 Å². The van der Waals surface area contributed by atoms with E-state index in [1.54, 1.807) is 4.90 Å². The molecule has 0 aromatic rings. The first-order valence-electron chi connectivity index (χ1n) is 8.50. The van der Waals surface area contributed by atoms with E-state index in [2.05, 4.69) is 33.0 Å². The van der Waals surface area contributed by atoms with Crippen molar-refractivity contribution in [3.8, 4) is 0 Å². The summed E-state index contributed by atoms with van der Waals surface area (Å²) in [5.74, 6) is -0.0263. The molecule has 0 heterocycles. The Hall–Kier alpha value is -1.06. The summed E-state index contributed by atoms with van der Waals surface area (Å²) in [5, 5.41) is 2.96. The molecule has 0 radical (unpaired) electrons. The maximum Gasteiger partial charge on any atom is 0.311 e. The third-order valence-electron chi connectivity index (χ3n) is 3.84. The van der Waals surface area contributed by atoms with E-state index in [4.69, 9.17) is 0 Å². The predicted molar refractivity (Wildman–Crippen MR) is 85.9 cm³/mol. The molecule has 4 heteroatoms. The Morgan fingerprint density at radius 2 is 1.43 bits per heavy atom. The molecule has 0 bridgehead atoms. The standard InChI is InChI=1S/C17H32N2O2/c1-13(2)11-19(12-14(3)4)17(21)16(20)18-15-9-7-5-6-8-10-15/h13-15H,5-12H2,1-4H3,(H,18,20). The summed E-state index contributed by atoms with van der Waals surface area (Å²) >= 11 is 0. The summed E-state index contributed by atoms with van der Waals surface area (Å²) in [5.41, 5.74) is 0. The van der Waals surface area contributed by atoms with Gasteiger partial charge in [-0.25, -0.2) is 0 Å². The number of carbonyl (C=O) groups excluding carboxylic acids is 2. The monoisotopic (exact) mass is 296 g/mol. The first-order valence-corrected chi connectivity index (χ1v) is 8.50. The van der Waals surface area contributed by atoms with Gasteiger partial charge in [-0.2, -0.15) is 0 Å². The second-order valence-corrected chi connectivity index (χ2v) is 7.16. The largest absolute Gasteiger partial charge is 0.345 e. The maximum absolute atomic E-state index is 12.4. The third-order valence-corrected chi connectivity index (χ3v) is 3.84. The molecule has 1 aliphatic rings. The molecule has 0 spiro atoms. The highest BCUT2D eigenvalue weighted by Gasteiger charge is 2.25. The molecule has 1 rings (SSSR count). The van der Waals surface area contributed by atoms with Gasteiger partial charge in [0.25, 0.3) is 0 Å². The van der Waals surface area contributed by atoms with Gasteiger partial charge in [-0.3, -0.25) is 9.59 Å². The molecule has 1 aliphatic carbocycles. The Morgan fingerprint density at radius 3 is 1.86 bits per heavy atom. The Kier molecular flexibility index (Phi) is 7.76. The number of nitrogens with zero attached hydrogens (tertiary/aromatic N) is 1. The fourth-order valence-electron chi connectivity index (χ4n) is 2.94. The van der Waals surface area contributed by atoms with E-state index < -0.39 is 5.91 Å². The summed E-state index contributed by atoms with van der Waals surface area (Å²) < 4.78 is 0. The van der Waals surface area contributed by atoms with Gasteiger partial charge >= 0.3 is 11.8 Å². The van der Waals surface area contributed by atoms with Gasteiger partial charge in [-0.05, 0) is 24.7 Å². The minimum absolute atomic E-state index is 0.184. The van der Waals surface area contributed by atoms with Crippen LogP contribution in [0.4, 0.5) is 0 Å². The summed E-state index contributed by atoms with van der Waals surface area (Å²) in [4.78, 5) is 26.3. The Morgan fingerprint density at radius 1 is 0.952 bits per heavy atom. The van der Waals surface area contributed by atoms with Crippen molar-refractivity contribution in [2.75, 3.05) is 13.1 Å². The van der Waals surface area contributed by atoms with Crippen LogP contribution in [0, 0.1) is 11.8 Å². The average molecular weight is 296 g/mol. The Balaban J connectivity index is 2.57. The number of amides is 2. The molecular weight excluding hydrogens is 264 g/mol. The molecule has 0 aromatic heterocycles. The lowest BCUT2D eigenvalue weighted by molar-refractivity contribution is -0.147. The lowest BCUT2D eigenvalue weighted by Crippen LogP contribution is -2.48. The molecule has 1 N–H and O–H groups in total. The van der Waals surface area contributed by atoms with Crippen LogP contribution in [0.25, 0.3) is 0 Å². The van der Waals surface area contributed by atoms with Gasteiger partial charge in [0, 0.05) is 19.1 Å². The van der Waals surface area contributed by atoms with Crippen molar-refractivity contribution in [2.24, 2.45) is 11.8 Å².